The SMILES string of the molecule is CCC(=O)Nc1ccc2c(c1)C(=O)N(C)C[C@H](OC)[C@H](C)CN(Cc1cncnc1)[C@@H](C)CO2. The molecule has 2 amide bonds. The van der Waals surface area contributed by atoms with Crippen molar-refractivity contribution in [1.29, 1.82) is 0 Å². The van der Waals surface area contributed by atoms with Crippen molar-refractivity contribution in [3.8, 4) is 5.75 Å². The minimum atomic E-state index is -0.177. The summed E-state index contributed by atoms with van der Waals surface area (Å²) < 4.78 is 12.0. The molecule has 0 aliphatic carbocycles. The maximum Gasteiger partial charge on any atom is 0.257 e. The van der Waals surface area contributed by atoms with Gasteiger partial charge < -0.3 is 19.7 Å². The first-order chi connectivity index (χ1) is 16.3. The molecule has 1 aromatic heterocycles. The van der Waals surface area contributed by atoms with Crippen LogP contribution in [0.5, 0.6) is 5.75 Å². The van der Waals surface area contributed by atoms with Gasteiger partial charge in [0.1, 0.15) is 18.7 Å². The molecule has 2 heterocycles. The van der Waals surface area contributed by atoms with Gasteiger partial charge in [-0.3, -0.25) is 14.5 Å². The Morgan fingerprint density at radius 2 is 1.97 bits per heavy atom. The molecular formula is C25H35N5O4. The normalized spacial score (nSPS) is 22.2. The van der Waals surface area contributed by atoms with E-state index in [0.29, 0.717) is 43.1 Å². The van der Waals surface area contributed by atoms with E-state index in [2.05, 4.69) is 34.0 Å². The van der Waals surface area contributed by atoms with Gasteiger partial charge in [0, 0.05) is 69.9 Å². The quantitative estimate of drug-likeness (QED) is 0.719. The van der Waals surface area contributed by atoms with Gasteiger partial charge in [0.2, 0.25) is 5.91 Å². The molecule has 3 rings (SSSR count). The summed E-state index contributed by atoms with van der Waals surface area (Å²) in [6.07, 6.45) is 5.37. The fraction of sp³-hybridized carbons (Fsp3) is 0.520. The van der Waals surface area contributed by atoms with E-state index < -0.39 is 0 Å². The van der Waals surface area contributed by atoms with Crippen LogP contribution in [-0.2, 0) is 16.1 Å². The van der Waals surface area contributed by atoms with Crippen LogP contribution in [0, 0.1) is 5.92 Å². The summed E-state index contributed by atoms with van der Waals surface area (Å²) in [5, 5.41) is 2.82. The van der Waals surface area contributed by atoms with E-state index >= 15 is 0 Å². The number of ether oxygens (including phenoxy) is 2. The zero-order valence-corrected chi connectivity index (χ0v) is 20.7. The van der Waals surface area contributed by atoms with Gasteiger partial charge in [0.05, 0.1) is 11.7 Å². The Morgan fingerprint density at radius 3 is 2.65 bits per heavy atom. The van der Waals surface area contributed by atoms with Crippen LogP contribution in [0.2, 0.25) is 0 Å². The molecule has 1 aliphatic rings. The van der Waals surface area contributed by atoms with E-state index in [0.717, 1.165) is 12.1 Å². The molecule has 0 saturated heterocycles. The topological polar surface area (TPSA) is 96.9 Å². The molecule has 1 aliphatic heterocycles. The minimum absolute atomic E-state index is 0.0553. The molecule has 0 unspecified atom stereocenters. The number of carbonyl (C=O) groups excluding carboxylic acids is 2. The highest BCUT2D eigenvalue weighted by atomic mass is 16.5. The van der Waals surface area contributed by atoms with E-state index in [1.54, 1.807) is 44.2 Å². The molecule has 9 heteroatoms. The number of nitrogens with zero attached hydrogens (tertiary/aromatic N) is 4. The molecule has 3 atom stereocenters. The Bertz CT molecular complexity index is 971. The zero-order valence-electron chi connectivity index (χ0n) is 20.7. The van der Waals surface area contributed by atoms with Crippen molar-refractivity contribution in [2.75, 3.05) is 39.2 Å². The summed E-state index contributed by atoms with van der Waals surface area (Å²) in [7, 11) is 3.44. The van der Waals surface area contributed by atoms with E-state index in [9.17, 15) is 9.59 Å². The van der Waals surface area contributed by atoms with Crippen molar-refractivity contribution in [3.63, 3.8) is 0 Å². The molecule has 2 aromatic rings. The number of aromatic nitrogens is 2. The standard InChI is InChI=1S/C25H35N5O4/c1-6-24(31)28-20-7-8-22-21(9-20)25(32)29(4)14-23(33-5)17(2)12-30(18(3)15-34-22)13-19-10-26-16-27-11-19/h7-11,16-18,23H,6,12-15H2,1-5H3,(H,28,31)/t17-,18+,23+/m1/s1. The molecule has 1 N–H and O–H groups in total. The van der Waals surface area contributed by atoms with Crippen LogP contribution >= 0.6 is 0 Å². The van der Waals surface area contributed by atoms with Crippen molar-refractivity contribution >= 4 is 17.5 Å². The summed E-state index contributed by atoms with van der Waals surface area (Å²) in [5.41, 5.74) is 2.00. The summed E-state index contributed by atoms with van der Waals surface area (Å²) in [6.45, 7) is 8.28. The number of carbonyl (C=O) groups is 2. The van der Waals surface area contributed by atoms with Crippen molar-refractivity contribution < 1.29 is 19.1 Å². The fourth-order valence-electron chi connectivity index (χ4n) is 4.05. The van der Waals surface area contributed by atoms with Gasteiger partial charge in [-0.1, -0.05) is 13.8 Å². The van der Waals surface area contributed by atoms with Gasteiger partial charge in [0.15, 0.2) is 0 Å². The fourth-order valence-corrected chi connectivity index (χ4v) is 4.05. The first-order valence-electron chi connectivity index (χ1n) is 11.6. The van der Waals surface area contributed by atoms with E-state index in [1.165, 1.54) is 6.33 Å². The number of anilines is 1. The number of hydrogen-bond donors (Lipinski definition) is 1. The predicted octanol–water partition coefficient (Wildman–Crippen LogP) is 2.83. The Morgan fingerprint density at radius 1 is 1.24 bits per heavy atom. The second kappa shape index (κ2) is 11.9. The van der Waals surface area contributed by atoms with Crippen molar-refractivity contribution in [2.45, 2.75) is 45.9 Å². The highest BCUT2D eigenvalue weighted by Crippen LogP contribution is 2.27. The Labute approximate surface area is 201 Å². The number of benzene rings is 1. The van der Waals surface area contributed by atoms with E-state index in [-0.39, 0.29) is 29.9 Å². The highest BCUT2D eigenvalue weighted by molar-refractivity contribution is 5.99. The van der Waals surface area contributed by atoms with Gasteiger partial charge in [0.25, 0.3) is 5.91 Å². The van der Waals surface area contributed by atoms with Gasteiger partial charge >= 0.3 is 0 Å². The number of nitrogens with one attached hydrogen (secondary N) is 1. The lowest BCUT2D eigenvalue weighted by molar-refractivity contribution is -0.115. The van der Waals surface area contributed by atoms with Crippen LogP contribution in [0.3, 0.4) is 0 Å². The van der Waals surface area contributed by atoms with Crippen molar-refractivity contribution in [2.24, 2.45) is 5.92 Å². The molecule has 0 spiro atoms. The van der Waals surface area contributed by atoms with E-state index in [1.807, 2.05) is 12.4 Å². The second-order valence-electron chi connectivity index (χ2n) is 8.89. The number of fused-ring (bicyclic) bond motifs is 1. The third-order valence-corrected chi connectivity index (χ3v) is 6.18. The Kier molecular flexibility index (Phi) is 8.95. The number of likely N-dealkylation sites (N-methyl/N-ethyl adjacent to an activating group) is 1. The molecule has 1 aromatic carbocycles. The number of rotatable bonds is 5. The number of amides is 2. The molecular weight excluding hydrogens is 434 g/mol. The van der Waals surface area contributed by atoms with Gasteiger partial charge in [-0.25, -0.2) is 9.97 Å². The average Bonchev–Trinajstić information content (AvgIpc) is 2.85. The third kappa shape index (κ3) is 6.51. The molecule has 0 saturated carbocycles. The smallest absolute Gasteiger partial charge is 0.257 e. The van der Waals surface area contributed by atoms with E-state index in [4.69, 9.17) is 9.47 Å². The van der Waals surface area contributed by atoms with Gasteiger partial charge in [-0.15, -0.1) is 0 Å². The molecule has 0 fully saturated rings. The molecule has 0 bridgehead atoms. The first kappa shape index (κ1) is 25.6. The Balaban J connectivity index is 1.93. The first-order valence-corrected chi connectivity index (χ1v) is 11.6. The average molecular weight is 470 g/mol. The van der Waals surface area contributed by atoms with Crippen LogP contribution in [0.1, 0.15) is 43.1 Å². The number of methoxy groups -OCH3 is 1. The van der Waals surface area contributed by atoms with Crippen LogP contribution < -0.4 is 10.1 Å². The minimum Gasteiger partial charge on any atom is -0.491 e. The molecule has 9 nitrogen and oxygen atoms in total. The van der Waals surface area contributed by atoms with Crippen molar-refractivity contribution in [1.82, 2.24) is 19.8 Å². The van der Waals surface area contributed by atoms with Crippen LogP contribution in [0.4, 0.5) is 5.69 Å². The second-order valence-corrected chi connectivity index (χ2v) is 8.89. The van der Waals surface area contributed by atoms with Gasteiger partial charge in [-0.2, -0.15) is 0 Å². The lowest BCUT2D eigenvalue weighted by Crippen LogP contribution is -2.46. The van der Waals surface area contributed by atoms with Crippen molar-refractivity contribution in [3.05, 3.63) is 48.0 Å². The number of hydrogen-bond acceptors (Lipinski definition) is 7. The lowest BCUT2D eigenvalue weighted by atomic mass is 10.0. The predicted molar refractivity (Wildman–Crippen MR) is 130 cm³/mol. The van der Waals surface area contributed by atoms with Crippen LogP contribution in [0.25, 0.3) is 0 Å². The summed E-state index contributed by atoms with van der Waals surface area (Å²) in [6, 6.07) is 5.24. The summed E-state index contributed by atoms with van der Waals surface area (Å²) in [4.78, 5) is 37.5. The Hall–Kier alpha value is -3.04. The highest BCUT2D eigenvalue weighted by Gasteiger charge is 2.28. The summed E-state index contributed by atoms with van der Waals surface area (Å²) >= 11 is 0. The third-order valence-electron chi connectivity index (χ3n) is 6.18. The molecule has 0 radical (unpaired) electrons. The van der Waals surface area contributed by atoms with Crippen LogP contribution in [0.15, 0.2) is 36.9 Å². The maximum absolute atomic E-state index is 13.4. The monoisotopic (exact) mass is 469 g/mol. The molecule has 34 heavy (non-hydrogen) atoms. The van der Waals surface area contributed by atoms with Crippen LogP contribution in [-0.4, -0.2) is 77.6 Å². The van der Waals surface area contributed by atoms with Gasteiger partial charge in [-0.05, 0) is 31.0 Å². The maximum atomic E-state index is 13.4. The lowest BCUT2D eigenvalue weighted by Gasteiger charge is -2.36. The molecule has 184 valence electrons. The summed E-state index contributed by atoms with van der Waals surface area (Å²) in [5.74, 6) is 0.353. The zero-order chi connectivity index (χ0) is 24.7. The largest absolute Gasteiger partial charge is 0.491 e.